The first-order valence-corrected chi connectivity index (χ1v) is 15.3. The zero-order valence-corrected chi connectivity index (χ0v) is 25.1. The number of benzene rings is 3. The van der Waals surface area contributed by atoms with Gasteiger partial charge in [-0.1, -0.05) is 39.0 Å². The number of fused-ring (bicyclic) bond motifs is 1. The van der Waals surface area contributed by atoms with Gasteiger partial charge in [-0.2, -0.15) is 18.4 Å². The number of ketones is 2. The summed E-state index contributed by atoms with van der Waals surface area (Å²) in [6.07, 6.45) is -4.48. The Morgan fingerprint density at radius 1 is 0.977 bits per heavy atom. The number of nitriles is 1. The molecular formula is C32H28F4N2O5S. The average molecular weight is 629 g/mol. The molecule has 0 atom stereocenters. The van der Waals surface area contributed by atoms with E-state index in [4.69, 9.17) is 4.42 Å². The number of rotatable bonds is 10. The molecule has 0 bridgehead atoms. The number of alkyl halides is 3. The summed E-state index contributed by atoms with van der Waals surface area (Å²) < 4.78 is 86.8. The van der Waals surface area contributed by atoms with Crippen LogP contribution >= 0.6 is 0 Å². The Bertz CT molecular complexity index is 1900. The van der Waals surface area contributed by atoms with Gasteiger partial charge in [-0.25, -0.2) is 12.8 Å². The molecule has 3 aromatic carbocycles. The second-order valence-corrected chi connectivity index (χ2v) is 12.9. The molecule has 0 aliphatic carbocycles. The maximum atomic E-state index is 13.7. The number of carbonyl (C=O) groups is 2. The van der Waals surface area contributed by atoms with Crippen LogP contribution in [-0.2, 0) is 10.0 Å². The van der Waals surface area contributed by atoms with Crippen molar-refractivity contribution in [1.82, 2.24) is 0 Å². The third kappa shape index (κ3) is 6.38. The number of Topliss-reactive ketones (excluding diaryl/α,β-unsaturated/α-hetero) is 2. The van der Waals surface area contributed by atoms with Crippen molar-refractivity contribution >= 4 is 38.2 Å². The maximum absolute atomic E-state index is 13.7. The average Bonchev–Trinajstić information content (AvgIpc) is 3.32. The molecule has 4 aromatic rings. The third-order valence-corrected chi connectivity index (χ3v) is 8.39. The van der Waals surface area contributed by atoms with Crippen molar-refractivity contribution in [3.8, 4) is 28.5 Å². The van der Waals surface area contributed by atoms with Gasteiger partial charge in [0.15, 0.2) is 11.6 Å². The smallest absolute Gasteiger partial charge is 0.394 e. The molecule has 0 fully saturated rings. The number of nitrogens with zero attached hydrogens (tertiary/aromatic N) is 2. The van der Waals surface area contributed by atoms with E-state index in [1.54, 1.807) is 6.92 Å². The second-order valence-electron chi connectivity index (χ2n) is 10.9. The summed E-state index contributed by atoms with van der Waals surface area (Å²) in [6.45, 7) is 2.90. The summed E-state index contributed by atoms with van der Waals surface area (Å²) in [6, 6.07) is 15.6. The predicted molar refractivity (Wildman–Crippen MR) is 158 cm³/mol. The van der Waals surface area contributed by atoms with Crippen molar-refractivity contribution in [3.63, 3.8) is 0 Å². The zero-order valence-electron chi connectivity index (χ0n) is 24.3. The van der Waals surface area contributed by atoms with Crippen LogP contribution in [0.2, 0.25) is 0 Å². The van der Waals surface area contributed by atoms with Crippen molar-refractivity contribution in [2.45, 2.75) is 39.8 Å². The first-order valence-electron chi connectivity index (χ1n) is 13.4. The number of hydrogen-bond acceptors (Lipinski definition) is 6. The van der Waals surface area contributed by atoms with Gasteiger partial charge in [-0.3, -0.25) is 13.9 Å². The fraction of sp³-hybridized carbons (Fsp3) is 0.281. The van der Waals surface area contributed by atoms with Crippen LogP contribution < -0.4 is 4.31 Å². The van der Waals surface area contributed by atoms with Gasteiger partial charge in [-0.05, 0) is 42.0 Å². The summed E-state index contributed by atoms with van der Waals surface area (Å²) in [4.78, 5) is 26.2. The first-order chi connectivity index (χ1) is 20.5. The molecule has 0 unspecified atom stereocenters. The lowest BCUT2D eigenvalue weighted by molar-refractivity contribution is -0.210. The van der Waals surface area contributed by atoms with E-state index in [2.05, 4.69) is 0 Å². The van der Waals surface area contributed by atoms with Gasteiger partial charge in [0.1, 0.15) is 23.7 Å². The molecule has 0 amide bonds. The zero-order chi connectivity index (χ0) is 32.6. The lowest BCUT2D eigenvalue weighted by atomic mass is 9.84. The maximum Gasteiger partial charge on any atom is 0.394 e. The highest BCUT2D eigenvalue weighted by Crippen LogP contribution is 2.43. The van der Waals surface area contributed by atoms with Crippen molar-refractivity contribution in [2.24, 2.45) is 5.41 Å². The SMILES string of the molecule is CCC(=O)c1c(-c2ccc(F)cc2)oc2cc(N(CC#N)S(C)(=O)=O)c(-c3cccc(C(=O)CC(C)(C)C(F)(F)F)c3)cc12. The molecule has 1 aromatic heterocycles. The molecule has 4 rings (SSSR count). The van der Waals surface area contributed by atoms with Gasteiger partial charge in [-0.15, -0.1) is 0 Å². The van der Waals surface area contributed by atoms with Crippen molar-refractivity contribution in [1.29, 1.82) is 5.26 Å². The van der Waals surface area contributed by atoms with E-state index in [-0.39, 0.29) is 56.9 Å². The predicted octanol–water partition coefficient (Wildman–Crippen LogP) is 7.95. The minimum absolute atomic E-state index is 0.0170. The lowest BCUT2D eigenvalue weighted by Crippen LogP contribution is -2.34. The van der Waals surface area contributed by atoms with Crippen LogP contribution in [0.3, 0.4) is 0 Å². The van der Waals surface area contributed by atoms with Crippen LogP contribution in [0.25, 0.3) is 33.4 Å². The van der Waals surface area contributed by atoms with Crippen molar-refractivity contribution in [2.75, 3.05) is 17.1 Å². The molecule has 0 radical (unpaired) electrons. The highest BCUT2D eigenvalue weighted by Gasteiger charge is 2.48. The summed E-state index contributed by atoms with van der Waals surface area (Å²) in [5, 5.41) is 9.75. The number of furan rings is 1. The molecule has 12 heteroatoms. The van der Waals surface area contributed by atoms with E-state index < -0.39 is 46.2 Å². The highest BCUT2D eigenvalue weighted by atomic mass is 32.2. The number of carbonyl (C=O) groups excluding carboxylic acids is 2. The molecule has 0 N–H and O–H groups in total. The molecular weight excluding hydrogens is 600 g/mol. The van der Waals surface area contributed by atoms with Crippen LogP contribution in [0.4, 0.5) is 23.2 Å². The fourth-order valence-electron chi connectivity index (χ4n) is 4.74. The molecule has 0 aliphatic rings. The minimum atomic E-state index is -4.63. The quantitative estimate of drug-likeness (QED) is 0.100. The Balaban J connectivity index is 2.01. The Morgan fingerprint density at radius 2 is 1.64 bits per heavy atom. The molecule has 0 aliphatic heterocycles. The Labute approximate surface area is 251 Å². The van der Waals surface area contributed by atoms with E-state index in [1.165, 1.54) is 60.7 Å². The van der Waals surface area contributed by atoms with E-state index in [0.717, 1.165) is 24.4 Å². The second kappa shape index (κ2) is 11.9. The number of sulfonamides is 1. The Kier molecular flexibility index (Phi) is 8.75. The lowest BCUT2D eigenvalue weighted by Gasteiger charge is -2.27. The van der Waals surface area contributed by atoms with Gasteiger partial charge < -0.3 is 4.42 Å². The summed E-state index contributed by atoms with van der Waals surface area (Å²) >= 11 is 0. The number of halogens is 4. The highest BCUT2D eigenvalue weighted by molar-refractivity contribution is 7.92. The molecule has 0 saturated carbocycles. The normalized spacial score (nSPS) is 12.2. The number of hydrogen-bond donors (Lipinski definition) is 0. The summed E-state index contributed by atoms with van der Waals surface area (Å²) in [5.74, 6) is -1.49. The molecule has 7 nitrogen and oxygen atoms in total. The van der Waals surface area contributed by atoms with E-state index in [9.17, 15) is 40.8 Å². The van der Waals surface area contributed by atoms with Crippen LogP contribution in [-0.4, -0.2) is 39.0 Å². The van der Waals surface area contributed by atoms with E-state index in [1.807, 2.05) is 6.07 Å². The van der Waals surface area contributed by atoms with Crippen molar-refractivity contribution < 1.29 is 40.0 Å². The third-order valence-electron chi connectivity index (χ3n) is 7.26. The molecule has 1 heterocycles. The topological polar surface area (TPSA) is 108 Å². The minimum Gasteiger partial charge on any atom is -0.455 e. The fourth-order valence-corrected chi connectivity index (χ4v) is 5.54. The van der Waals surface area contributed by atoms with Gasteiger partial charge in [0, 0.05) is 41.0 Å². The Hall–Kier alpha value is -4.50. The molecule has 230 valence electrons. The largest absolute Gasteiger partial charge is 0.455 e. The monoisotopic (exact) mass is 628 g/mol. The summed E-state index contributed by atoms with van der Waals surface area (Å²) in [7, 11) is -4.06. The van der Waals surface area contributed by atoms with Crippen LogP contribution in [0.5, 0.6) is 0 Å². The molecule has 0 spiro atoms. The van der Waals surface area contributed by atoms with Gasteiger partial charge in [0.2, 0.25) is 10.0 Å². The number of anilines is 1. The standard InChI is InChI=1S/C32H28F4N2O5S/c1-5-26(39)29-24-16-23(20-7-6-8-21(15-20)27(40)18-31(2,3)32(34,35)36)25(38(14-13-37)44(4,41)42)17-28(24)43-30(29)19-9-11-22(33)12-10-19/h6-12,15-17H,5,14,18H2,1-4H3. The van der Waals surface area contributed by atoms with Gasteiger partial charge >= 0.3 is 6.18 Å². The van der Waals surface area contributed by atoms with E-state index >= 15 is 0 Å². The Morgan fingerprint density at radius 3 is 2.20 bits per heavy atom. The van der Waals surface area contributed by atoms with Gasteiger partial charge in [0.05, 0.1) is 29.0 Å². The van der Waals surface area contributed by atoms with E-state index in [0.29, 0.717) is 5.56 Å². The van der Waals surface area contributed by atoms with Gasteiger partial charge in [0.25, 0.3) is 0 Å². The summed E-state index contributed by atoms with van der Waals surface area (Å²) in [5.41, 5.74) is -1.27. The first kappa shape index (κ1) is 32.4. The van der Waals surface area contributed by atoms with Crippen LogP contribution in [0, 0.1) is 22.6 Å². The molecule has 44 heavy (non-hydrogen) atoms. The van der Waals surface area contributed by atoms with Crippen LogP contribution in [0.15, 0.2) is 65.1 Å². The molecule has 0 saturated heterocycles. The van der Waals surface area contributed by atoms with Crippen molar-refractivity contribution in [3.05, 3.63) is 77.6 Å². The van der Waals surface area contributed by atoms with Crippen LogP contribution in [0.1, 0.15) is 54.3 Å².